The number of hydrogen-bond acceptors (Lipinski definition) is 6. The van der Waals surface area contributed by atoms with Crippen molar-refractivity contribution in [3.63, 3.8) is 0 Å². The summed E-state index contributed by atoms with van der Waals surface area (Å²) in [4.78, 5) is 28.9. The Morgan fingerprint density at radius 1 is 0.905 bits per heavy atom. The number of fused-ring (bicyclic) bond motifs is 1. The fourth-order valence-corrected chi connectivity index (χ4v) is 5.27. The number of nitrogens with zero attached hydrogens (tertiary/aromatic N) is 2. The number of piperidine rings is 2. The SMILES string of the molecule is CC(C)(C)OC(=O)N1CCC(NC(=O)c2cc3ccc(OC4CCN(c5ccc(C(F)(F)F)cc5)CC4)cc3o2)CC1. The first-order valence-electron chi connectivity index (χ1n) is 14.3. The van der Waals surface area contributed by atoms with Crippen molar-refractivity contribution in [3.05, 3.63) is 59.9 Å². The molecule has 0 atom stereocenters. The van der Waals surface area contributed by atoms with E-state index in [0.717, 1.165) is 36.0 Å². The van der Waals surface area contributed by atoms with Crippen molar-refractivity contribution in [2.75, 3.05) is 31.1 Å². The second kappa shape index (κ2) is 11.8. The van der Waals surface area contributed by atoms with Gasteiger partial charge in [0.1, 0.15) is 23.0 Å². The molecule has 2 aliphatic rings. The minimum absolute atomic E-state index is 0.0440. The average Bonchev–Trinajstić information content (AvgIpc) is 3.36. The molecule has 3 heterocycles. The largest absolute Gasteiger partial charge is 0.490 e. The van der Waals surface area contributed by atoms with Gasteiger partial charge >= 0.3 is 12.3 Å². The number of furan rings is 1. The van der Waals surface area contributed by atoms with Crippen LogP contribution in [0.4, 0.5) is 23.7 Å². The van der Waals surface area contributed by atoms with Crippen molar-refractivity contribution in [2.45, 2.75) is 70.4 Å². The van der Waals surface area contributed by atoms with E-state index in [1.54, 1.807) is 17.0 Å². The normalized spacial score (nSPS) is 17.4. The summed E-state index contributed by atoms with van der Waals surface area (Å²) in [7, 11) is 0. The van der Waals surface area contributed by atoms with Gasteiger partial charge in [-0.1, -0.05) is 0 Å². The molecule has 1 aromatic heterocycles. The topological polar surface area (TPSA) is 84.2 Å². The Morgan fingerprint density at radius 2 is 1.57 bits per heavy atom. The van der Waals surface area contributed by atoms with Gasteiger partial charge in [-0.2, -0.15) is 13.2 Å². The maximum Gasteiger partial charge on any atom is 0.416 e. The van der Waals surface area contributed by atoms with Gasteiger partial charge in [0, 0.05) is 62.2 Å². The summed E-state index contributed by atoms with van der Waals surface area (Å²) in [6.45, 7) is 7.84. The molecule has 0 bridgehead atoms. The molecule has 5 rings (SSSR count). The molecule has 0 radical (unpaired) electrons. The van der Waals surface area contributed by atoms with Crippen molar-refractivity contribution in [3.8, 4) is 5.75 Å². The number of carbonyl (C=O) groups excluding carboxylic acids is 2. The van der Waals surface area contributed by atoms with Gasteiger partial charge < -0.3 is 29.0 Å². The van der Waals surface area contributed by atoms with Crippen molar-refractivity contribution in [2.24, 2.45) is 0 Å². The van der Waals surface area contributed by atoms with Crippen LogP contribution in [0.25, 0.3) is 11.0 Å². The third-order valence-electron chi connectivity index (χ3n) is 7.50. The van der Waals surface area contributed by atoms with Gasteiger partial charge in [-0.3, -0.25) is 4.79 Å². The molecule has 1 N–H and O–H groups in total. The molecule has 226 valence electrons. The van der Waals surface area contributed by atoms with Gasteiger partial charge in [-0.15, -0.1) is 0 Å². The van der Waals surface area contributed by atoms with Gasteiger partial charge in [0.25, 0.3) is 5.91 Å². The fourth-order valence-electron chi connectivity index (χ4n) is 5.27. The van der Waals surface area contributed by atoms with Crippen LogP contribution in [0.2, 0.25) is 0 Å². The van der Waals surface area contributed by atoms with Crippen LogP contribution in [0.1, 0.15) is 62.6 Å². The summed E-state index contributed by atoms with van der Waals surface area (Å²) >= 11 is 0. The second-order valence-corrected chi connectivity index (χ2v) is 11.9. The molecule has 2 fully saturated rings. The van der Waals surface area contributed by atoms with E-state index >= 15 is 0 Å². The number of halogens is 3. The van der Waals surface area contributed by atoms with Crippen molar-refractivity contribution in [1.82, 2.24) is 10.2 Å². The van der Waals surface area contributed by atoms with E-state index in [-0.39, 0.29) is 29.9 Å². The molecule has 42 heavy (non-hydrogen) atoms. The molecule has 2 aromatic carbocycles. The number of alkyl halides is 3. The van der Waals surface area contributed by atoms with E-state index < -0.39 is 17.3 Å². The van der Waals surface area contributed by atoms with Gasteiger partial charge in [0.05, 0.1) is 5.56 Å². The Kier molecular flexibility index (Phi) is 8.30. The van der Waals surface area contributed by atoms with Crippen LogP contribution in [0, 0.1) is 0 Å². The lowest BCUT2D eigenvalue weighted by Crippen LogP contribution is -2.47. The van der Waals surface area contributed by atoms with Crippen molar-refractivity contribution < 1.29 is 36.7 Å². The third-order valence-corrected chi connectivity index (χ3v) is 7.50. The van der Waals surface area contributed by atoms with Gasteiger partial charge in [-0.05, 0) is 76.1 Å². The minimum Gasteiger partial charge on any atom is -0.490 e. The maximum atomic E-state index is 12.9. The van der Waals surface area contributed by atoms with Crippen LogP contribution in [0.15, 0.2) is 52.9 Å². The minimum atomic E-state index is -4.35. The van der Waals surface area contributed by atoms with E-state index in [1.165, 1.54) is 12.1 Å². The molecule has 11 heteroatoms. The number of ether oxygens (including phenoxy) is 2. The predicted octanol–water partition coefficient (Wildman–Crippen LogP) is 6.63. The molecule has 2 aliphatic heterocycles. The molecule has 0 saturated carbocycles. The summed E-state index contributed by atoms with van der Waals surface area (Å²) in [6, 6.07) is 12.3. The molecular weight excluding hydrogens is 551 g/mol. The first-order valence-corrected chi connectivity index (χ1v) is 14.3. The van der Waals surface area contributed by atoms with E-state index in [0.29, 0.717) is 50.4 Å². The summed E-state index contributed by atoms with van der Waals surface area (Å²) in [5.41, 5.74) is 0.0982. The highest BCUT2D eigenvalue weighted by Gasteiger charge is 2.31. The van der Waals surface area contributed by atoms with E-state index in [2.05, 4.69) is 10.2 Å². The first-order chi connectivity index (χ1) is 19.8. The number of rotatable bonds is 5. The molecule has 3 aromatic rings. The van der Waals surface area contributed by atoms with E-state index in [4.69, 9.17) is 13.9 Å². The second-order valence-electron chi connectivity index (χ2n) is 11.9. The summed E-state index contributed by atoms with van der Waals surface area (Å²) < 4.78 is 56.0. The van der Waals surface area contributed by atoms with Crippen LogP contribution in [0.3, 0.4) is 0 Å². The maximum absolute atomic E-state index is 12.9. The lowest BCUT2D eigenvalue weighted by atomic mass is 10.1. The molecule has 2 saturated heterocycles. The Bertz CT molecular complexity index is 1400. The van der Waals surface area contributed by atoms with Crippen molar-refractivity contribution >= 4 is 28.7 Å². The number of amides is 2. The standard InChI is InChI=1S/C31H36F3N3O5/c1-30(2,3)42-29(39)37-14-10-22(11-15-37)35-28(38)27-18-20-4-9-25(19-26(20)41-27)40-24-12-16-36(17-13-24)23-7-5-21(6-8-23)31(32,33)34/h4-9,18-19,22,24H,10-17H2,1-3H3,(H,35,38). The highest BCUT2D eigenvalue weighted by Crippen LogP contribution is 2.32. The molecular formula is C31H36F3N3O5. The Balaban J connectivity index is 1.11. The lowest BCUT2D eigenvalue weighted by molar-refractivity contribution is -0.137. The summed E-state index contributed by atoms with van der Waals surface area (Å²) in [5.74, 6) is 0.535. The number of likely N-dealkylation sites (tertiary alicyclic amines) is 1. The first kappa shape index (κ1) is 29.6. The Labute approximate surface area is 242 Å². The zero-order valence-electron chi connectivity index (χ0n) is 24.0. The highest BCUT2D eigenvalue weighted by molar-refractivity contribution is 5.96. The van der Waals surface area contributed by atoms with Gasteiger partial charge in [0.2, 0.25) is 0 Å². The quantitative estimate of drug-likeness (QED) is 0.361. The Hall–Kier alpha value is -3.89. The highest BCUT2D eigenvalue weighted by atomic mass is 19.4. The van der Waals surface area contributed by atoms with Crippen molar-refractivity contribution in [1.29, 1.82) is 0 Å². The number of benzene rings is 2. The average molecular weight is 588 g/mol. The van der Waals surface area contributed by atoms with Crippen LogP contribution < -0.4 is 15.0 Å². The molecule has 0 aliphatic carbocycles. The Morgan fingerprint density at radius 3 is 2.19 bits per heavy atom. The van der Waals surface area contributed by atoms with Gasteiger partial charge in [0.15, 0.2) is 5.76 Å². The number of anilines is 1. The zero-order valence-corrected chi connectivity index (χ0v) is 24.0. The molecule has 2 amide bonds. The fraction of sp³-hybridized carbons (Fsp3) is 0.484. The van der Waals surface area contributed by atoms with Gasteiger partial charge in [-0.25, -0.2) is 4.79 Å². The predicted molar refractivity (Wildman–Crippen MR) is 152 cm³/mol. The summed E-state index contributed by atoms with van der Waals surface area (Å²) in [6.07, 6.45) is -2.04. The number of nitrogens with one attached hydrogen (secondary N) is 1. The molecule has 8 nitrogen and oxygen atoms in total. The van der Waals surface area contributed by atoms with E-state index in [9.17, 15) is 22.8 Å². The number of hydrogen-bond donors (Lipinski definition) is 1. The smallest absolute Gasteiger partial charge is 0.416 e. The molecule has 0 unspecified atom stereocenters. The van der Waals surface area contributed by atoms with Crippen LogP contribution in [0.5, 0.6) is 5.75 Å². The zero-order chi connectivity index (χ0) is 30.1. The number of carbonyl (C=O) groups is 2. The lowest BCUT2D eigenvalue weighted by Gasteiger charge is -2.33. The third kappa shape index (κ3) is 7.30. The van der Waals surface area contributed by atoms with Crippen LogP contribution >= 0.6 is 0 Å². The van der Waals surface area contributed by atoms with E-state index in [1.807, 2.05) is 32.9 Å². The van der Waals surface area contributed by atoms with Crippen LogP contribution in [-0.4, -0.2) is 60.8 Å². The molecule has 0 spiro atoms. The monoisotopic (exact) mass is 587 g/mol. The van der Waals surface area contributed by atoms with Crippen LogP contribution in [-0.2, 0) is 10.9 Å². The summed E-state index contributed by atoms with van der Waals surface area (Å²) in [5, 5.41) is 3.79.